The van der Waals surface area contributed by atoms with Crippen molar-refractivity contribution in [2.45, 2.75) is 239 Å². The molecule has 2 fully saturated rings. The van der Waals surface area contributed by atoms with Crippen LogP contribution in [0.15, 0.2) is 11.8 Å². The normalized spacial score (nSPS) is 26.4. The first-order valence-electron chi connectivity index (χ1n) is 22.1. The molecule has 2 aliphatic rings. The summed E-state index contributed by atoms with van der Waals surface area (Å²) in [5.74, 6) is 1.57. The lowest BCUT2D eigenvalue weighted by Crippen LogP contribution is -2.59. The van der Waals surface area contributed by atoms with Crippen molar-refractivity contribution in [1.29, 1.82) is 0 Å². The van der Waals surface area contributed by atoms with E-state index in [1.807, 2.05) is 0 Å². The molecule has 0 saturated carbocycles. The highest BCUT2D eigenvalue weighted by Gasteiger charge is 2.53. The molecule has 2 heterocycles. The Bertz CT molecular complexity index is 1010. The lowest BCUT2D eigenvalue weighted by molar-refractivity contribution is -0.138. The summed E-state index contributed by atoms with van der Waals surface area (Å²) in [6, 6.07) is 10.2. The predicted octanol–water partition coefficient (Wildman–Crippen LogP) is 13.1. The van der Waals surface area contributed by atoms with Crippen LogP contribution in [-0.4, -0.2) is 76.5 Å². The van der Waals surface area contributed by atoms with Crippen LogP contribution in [0.5, 0.6) is 0 Å². The van der Waals surface area contributed by atoms with Crippen LogP contribution in [0.4, 0.5) is 0 Å². The molecule has 0 radical (unpaired) electrons. The molecule has 0 aromatic heterocycles. The Hall–Kier alpha value is 0.208. The highest BCUT2D eigenvalue weighted by atomic mass is 28.4. The van der Waals surface area contributed by atoms with Gasteiger partial charge >= 0.3 is 0 Å². The zero-order chi connectivity index (χ0) is 39.7. The monoisotopic (exact) mass is 801 g/mol. The lowest BCUT2D eigenvalue weighted by atomic mass is 9.86. The molecule has 0 aromatic carbocycles. The standard InChI is InChI=1S/C42H88O6Si4/c1-19-49(20-2,21-3)46-36(18)35(17)40-39(44-40)29-37-30-43-38(28-34(16)45-52(31(10)11,32(12)13)33(14)15)42(48-51(25-7,26-8)27-9)41(37)47-50(22-4,23-5)24-6/h28,31-33,35-42H,19-27,29-30H2,1-18H3/b34-28-/t35-,36-,37-,38-,39-,40-,41+,42-/m0/s1. The summed E-state index contributed by atoms with van der Waals surface area (Å²) in [4.78, 5) is 0. The second-order valence-corrected chi connectivity index (χ2v) is 37.3. The molecule has 0 aliphatic carbocycles. The maximum atomic E-state index is 7.66. The molecule has 6 nitrogen and oxygen atoms in total. The van der Waals surface area contributed by atoms with Crippen molar-refractivity contribution in [3.63, 3.8) is 0 Å². The molecule has 2 aliphatic heterocycles. The lowest BCUT2D eigenvalue weighted by Gasteiger charge is -2.49. The topological polar surface area (TPSA) is 58.7 Å². The Morgan fingerprint density at radius 1 is 0.635 bits per heavy atom. The Balaban J connectivity index is 2.57. The number of epoxide rings is 1. The van der Waals surface area contributed by atoms with Crippen molar-refractivity contribution in [3.05, 3.63) is 11.8 Å². The van der Waals surface area contributed by atoms with Crippen molar-refractivity contribution >= 4 is 33.3 Å². The van der Waals surface area contributed by atoms with Gasteiger partial charge in [0.25, 0.3) is 8.32 Å². The third-order valence-corrected chi connectivity index (χ3v) is 34.6. The van der Waals surface area contributed by atoms with Gasteiger partial charge in [-0.05, 0) is 97.4 Å². The number of ether oxygens (including phenoxy) is 2. The average molecular weight is 802 g/mol. The number of rotatable bonds is 25. The number of hydrogen-bond donors (Lipinski definition) is 0. The zero-order valence-electron chi connectivity index (χ0n) is 37.7. The largest absolute Gasteiger partial charge is 0.546 e. The molecule has 8 atom stereocenters. The van der Waals surface area contributed by atoms with Crippen molar-refractivity contribution in [1.82, 2.24) is 0 Å². The second-order valence-electron chi connectivity index (χ2n) is 17.7. The molecule has 0 N–H and O–H groups in total. The molecule has 0 unspecified atom stereocenters. The molecule has 0 amide bonds. The van der Waals surface area contributed by atoms with E-state index in [1.165, 1.54) is 18.1 Å². The van der Waals surface area contributed by atoms with Gasteiger partial charge in [-0.15, -0.1) is 0 Å². The average Bonchev–Trinajstić information content (AvgIpc) is 3.90. The molecule has 308 valence electrons. The Morgan fingerprint density at radius 3 is 1.46 bits per heavy atom. The minimum atomic E-state index is -2.12. The molecular formula is C42H88O6Si4. The summed E-state index contributed by atoms with van der Waals surface area (Å²) in [5, 5.41) is 0. The molecule has 0 spiro atoms. The maximum absolute atomic E-state index is 7.66. The van der Waals surface area contributed by atoms with Crippen molar-refractivity contribution in [2.75, 3.05) is 6.61 Å². The first-order chi connectivity index (χ1) is 24.4. The van der Waals surface area contributed by atoms with E-state index in [0.29, 0.717) is 29.1 Å². The predicted molar refractivity (Wildman–Crippen MR) is 233 cm³/mol. The molecule has 0 aromatic rings. The zero-order valence-corrected chi connectivity index (χ0v) is 41.7. The van der Waals surface area contributed by atoms with Crippen LogP contribution in [0.2, 0.25) is 71.0 Å². The minimum Gasteiger partial charge on any atom is -0.546 e. The minimum absolute atomic E-state index is 0.0256. The number of hydrogen-bond acceptors (Lipinski definition) is 6. The van der Waals surface area contributed by atoms with E-state index in [4.69, 9.17) is 27.2 Å². The van der Waals surface area contributed by atoms with Gasteiger partial charge in [0, 0.05) is 17.9 Å². The molecular weight excluding hydrogens is 713 g/mol. The van der Waals surface area contributed by atoms with Gasteiger partial charge in [-0.1, -0.05) is 111 Å². The van der Waals surface area contributed by atoms with Gasteiger partial charge in [-0.3, -0.25) is 0 Å². The summed E-state index contributed by atoms with van der Waals surface area (Å²) >= 11 is 0. The van der Waals surface area contributed by atoms with Crippen LogP contribution in [0.1, 0.15) is 131 Å². The van der Waals surface area contributed by atoms with Crippen molar-refractivity contribution < 1.29 is 27.2 Å². The first kappa shape index (κ1) is 48.4. The number of allylic oxidation sites excluding steroid dienone is 1. The van der Waals surface area contributed by atoms with E-state index in [2.05, 4.69) is 131 Å². The summed E-state index contributed by atoms with van der Waals surface area (Å²) in [6.07, 6.45) is 3.49. The van der Waals surface area contributed by atoms with Crippen molar-refractivity contribution in [2.24, 2.45) is 11.8 Å². The Morgan fingerprint density at radius 2 is 1.06 bits per heavy atom. The molecule has 52 heavy (non-hydrogen) atoms. The fraction of sp³-hybridized carbons (Fsp3) is 0.952. The van der Waals surface area contributed by atoms with Gasteiger partial charge in [-0.25, -0.2) is 0 Å². The van der Waals surface area contributed by atoms with Gasteiger partial charge in [0.2, 0.25) is 0 Å². The third kappa shape index (κ3) is 11.2. The van der Waals surface area contributed by atoms with Crippen molar-refractivity contribution in [3.8, 4) is 0 Å². The van der Waals surface area contributed by atoms with E-state index in [-0.39, 0.29) is 42.5 Å². The van der Waals surface area contributed by atoms with Gasteiger partial charge in [0.1, 0.15) is 12.2 Å². The second kappa shape index (κ2) is 21.1. The maximum Gasteiger partial charge on any atom is 0.258 e. The fourth-order valence-corrected chi connectivity index (χ4v) is 24.0. The van der Waals surface area contributed by atoms with Gasteiger partial charge in [-0.2, -0.15) is 0 Å². The third-order valence-electron chi connectivity index (χ3n) is 14.5. The molecule has 10 heteroatoms. The van der Waals surface area contributed by atoms with E-state index >= 15 is 0 Å². The highest BCUT2D eigenvalue weighted by molar-refractivity contribution is 6.78. The summed E-state index contributed by atoms with van der Waals surface area (Å²) in [7, 11) is -7.84. The molecule has 2 rings (SSSR count). The SMILES string of the molecule is CC[Si](CC)(CC)O[C@@H]1[C@@H](C[C@@H]2O[C@H]2[C@@H](C)[C@H](C)O[Si](CC)(CC)CC)CO[C@@H](/C=C(/C)O[Si](C(C)C)(C(C)C)C(C)C)[C@@H]1O[Si](CC)(CC)CC. The molecule has 0 bridgehead atoms. The van der Waals surface area contributed by atoms with E-state index in [9.17, 15) is 0 Å². The highest BCUT2D eigenvalue weighted by Crippen LogP contribution is 2.46. The van der Waals surface area contributed by atoms with Gasteiger partial charge in [0.05, 0.1) is 30.7 Å². The van der Waals surface area contributed by atoms with Gasteiger partial charge in [0.15, 0.2) is 25.0 Å². The summed E-state index contributed by atoms with van der Waals surface area (Å²) in [6.45, 7) is 42.7. The Kier molecular flexibility index (Phi) is 19.6. The van der Waals surface area contributed by atoms with E-state index in [0.717, 1.165) is 48.4 Å². The fourth-order valence-electron chi connectivity index (χ4n) is 9.87. The summed E-state index contributed by atoms with van der Waals surface area (Å²) < 4.78 is 43.0. The molecule has 2 saturated heterocycles. The van der Waals surface area contributed by atoms with Crippen LogP contribution >= 0.6 is 0 Å². The van der Waals surface area contributed by atoms with Crippen LogP contribution in [0, 0.1) is 11.8 Å². The van der Waals surface area contributed by atoms with Gasteiger partial charge < -0.3 is 27.2 Å². The van der Waals surface area contributed by atoms with E-state index in [1.54, 1.807) is 0 Å². The van der Waals surface area contributed by atoms with Crippen LogP contribution in [0.3, 0.4) is 0 Å². The van der Waals surface area contributed by atoms with Crippen LogP contribution < -0.4 is 0 Å². The smallest absolute Gasteiger partial charge is 0.258 e. The Labute approximate surface area is 328 Å². The first-order valence-corrected chi connectivity index (χ1v) is 31.8. The quantitative estimate of drug-likeness (QED) is 0.0521. The van der Waals surface area contributed by atoms with Crippen LogP contribution in [0.25, 0.3) is 0 Å². The van der Waals surface area contributed by atoms with Crippen LogP contribution in [-0.2, 0) is 27.2 Å². The van der Waals surface area contributed by atoms with E-state index < -0.39 is 33.3 Å². The summed E-state index contributed by atoms with van der Waals surface area (Å²) in [5.41, 5.74) is 1.52.